The van der Waals surface area contributed by atoms with E-state index in [1.807, 2.05) is 74.4 Å². The minimum absolute atomic E-state index is 0.0292. The highest BCUT2D eigenvalue weighted by Gasteiger charge is 2.15. The first-order valence-corrected chi connectivity index (χ1v) is 7.83. The van der Waals surface area contributed by atoms with Crippen molar-refractivity contribution in [1.29, 1.82) is 0 Å². The highest BCUT2D eigenvalue weighted by Crippen LogP contribution is 2.16. The summed E-state index contributed by atoms with van der Waals surface area (Å²) in [5, 5.41) is 0. The highest BCUT2D eigenvalue weighted by molar-refractivity contribution is 6.03. The van der Waals surface area contributed by atoms with Crippen LogP contribution in [0.3, 0.4) is 0 Å². The summed E-state index contributed by atoms with van der Waals surface area (Å²) in [6.07, 6.45) is 0.498. The van der Waals surface area contributed by atoms with E-state index in [1.54, 1.807) is 0 Å². The lowest BCUT2D eigenvalue weighted by Gasteiger charge is -2.13. The molecule has 2 aromatic carbocycles. The molecule has 0 N–H and O–H groups in total. The summed E-state index contributed by atoms with van der Waals surface area (Å²) in [5.74, 6) is 0.0610. The van der Waals surface area contributed by atoms with E-state index < -0.39 is 0 Å². The number of aryl methyl sites for hydroxylation is 1. The van der Waals surface area contributed by atoms with E-state index in [0.717, 1.165) is 16.7 Å². The van der Waals surface area contributed by atoms with Gasteiger partial charge in [-0.05, 0) is 32.1 Å². The van der Waals surface area contributed by atoms with Gasteiger partial charge in [-0.1, -0.05) is 48.5 Å². The van der Waals surface area contributed by atoms with Gasteiger partial charge in [0.25, 0.3) is 0 Å². The zero-order valence-corrected chi connectivity index (χ0v) is 14.0. The van der Waals surface area contributed by atoms with Gasteiger partial charge in [-0.2, -0.15) is 0 Å². The third-order valence-electron chi connectivity index (χ3n) is 3.83. The summed E-state index contributed by atoms with van der Waals surface area (Å²) >= 11 is 0. The SMILES string of the molecule is Cc1ccccc1C(=O)CCC(=O)c1ccccc1CN(C)C. The smallest absolute Gasteiger partial charge is 0.163 e. The number of Topliss-reactive ketones (excluding diaryl/α,β-unsaturated/α-hetero) is 2. The first-order valence-electron chi connectivity index (χ1n) is 7.83. The van der Waals surface area contributed by atoms with Crippen molar-refractivity contribution in [2.75, 3.05) is 14.1 Å². The Morgan fingerprint density at radius 3 is 1.96 bits per heavy atom. The van der Waals surface area contributed by atoms with Crippen LogP contribution in [0.1, 0.15) is 44.7 Å². The van der Waals surface area contributed by atoms with Crippen LogP contribution in [0.25, 0.3) is 0 Å². The van der Waals surface area contributed by atoms with E-state index in [2.05, 4.69) is 0 Å². The van der Waals surface area contributed by atoms with E-state index in [-0.39, 0.29) is 24.4 Å². The quantitative estimate of drug-likeness (QED) is 0.728. The maximum absolute atomic E-state index is 12.5. The normalized spacial score (nSPS) is 10.8. The highest BCUT2D eigenvalue weighted by atomic mass is 16.1. The molecule has 0 bridgehead atoms. The third-order valence-corrected chi connectivity index (χ3v) is 3.83. The number of carbonyl (C=O) groups excluding carboxylic acids is 2. The number of hydrogen-bond acceptors (Lipinski definition) is 3. The van der Waals surface area contributed by atoms with E-state index in [1.165, 1.54) is 0 Å². The van der Waals surface area contributed by atoms with Crippen LogP contribution < -0.4 is 0 Å². The summed E-state index contributed by atoms with van der Waals surface area (Å²) in [4.78, 5) is 26.8. The number of ketones is 2. The number of rotatable bonds is 7. The number of nitrogens with zero attached hydrogens (tertiary/aromatic N) is 1. The van der Waals surface area contributed by atoms with Crippen molar-refractivity contribution >= 4 is 11.6 Å². The molecule has 3 heteroatoms. The second kappa shape index (κ2) is 7.84. The third kappa shape index (κ3) is 4.60. The molecule has 0 atom stereocenters. The van der Waals surface area contributed by atoms with Gasteiger partial charge in [0.1, 0.15) is 0 Å². The second-order valence-electron chi connectivity index (χ2n) is 6.06. The number of carbonyl (C=O) groups is 2. The first-order chi connectivity index (χ1) is 11.0. The molecule has 3 nitrogen and oxygen atoms in total. The Hall–Kier alpha value is -2.26. The van der Waals surface area contributed by atoms with Gasteiger partial charge in [-0.3, -0.25) is 9.59 Å². The topological polar surface area (TPSA) is 37.4 Å². The molecular formula is C20H23NO2. The standard InChI is InChI=1S/C20H23NO2/c1-15-8-4-6-10-17(15)19(22)12-13-20(23)18-11-7-5-9-16(18)14-21(2)3/h4-11H,12-14H2,1-3H3. The molecule has 0 fully saturated rings. The lowest BCUT2D eigenvalue weighted by Crippen LogP contribution is -2.15. The minimum Gasteiger partial charge on any atom is -0.305 e. The maximum Gasteiger partial charge on any atom is 0.163 e. The van der Waals surface area contributed by atoms with Gasteiger partial charge in [0.05, 0.1) is 0 Å². The van der Waals surface area contributed by atoms with Crippen molar-refractivity contribution in [3.63, 3.8) is 0 Å². The molecule has 0 heterocycles. The van der Waals surface area contributed by atoms with Crippen LogP contribution in [0.15, 0.2) is 48.5 Å². The van der Waals surface area contributed by atoms with Crippen molar-refractivity contribution in [2.45, 2.75) is 26.3 Å². The second-order valence-corrected chi connectivity index (χ2v) is 6.06. The molecule has 2 aromatic rings. The summed E-state index contributed by atoms with van der Waals surface area (Å²) < 4.78 is 0. The summed E-state index contributed by atoms with van der Waals surface area (Å²) in [7, 11) is 3.95. The van der Waals surface area contributed by atoms with Gasteiger partial charge >= 0.3 is 0 Å². The predicted octanol–water partition coefficient (Wildman–Crippen LogP) is 3.90. The molecule has 0 aliphatic heterocycles. The Morgan fingerprint density at radius 2 is 1.35 bits per heavy atom. The van der Waals surface area contributed by atoms with Crippen molar-refractivity contribution in [1.82, 2.24) is 4.90 Å². The van der Waals surface area contributed by atoms with Crippen molar-refractivity contribution in [2.24, 2.45) is 0 Å². The first kappa shape index (κ1) is 17.1. The Balaban J connectivity index is 2.06. The fraction of sp³-hybridized carbons (Fsp3) is 0.300. The van der Waals surface area contributed by atoms with Crippen molar-refractivity contribution < 1.29 is 9.59 Å². The van der Waals surface area contributed by atoms with Gasteiger partial charge in [-0.15, -0.1) is 0 Å². The summed E-state index contributed by atoms with van der Waals surface area (Å²) in [6, 6.07) is 15.1. The van der Waals surface area contributed by atoms with Crippen LogP contribution in [0.5, 0.6) is 0 Å². The molecule has 0 aromatic heterocycles. The van der Waals surface area contributed by atoms with Crippen LogP contribution in [0.4, 0.5) is 0 Å². The molecule has 0 radical (unpaired) electrons. The molecule has 0 amide bonds. The van der Waals surface area contributed by atoms with Crippen LogP contribution in [-0.2, 0) is 6.54 Å². The Morgan fingerprint density at radius 1 is 0.826 bits per heavy atom. The monoisotopic (exact) mass is 309 g/mol. The van der Waals surface area contributed by atoms with Gasteiger partial charge in [-0.25, -0.2) is 0 Å². The molecule has 0 saturated heterocycles. The minimum atomic E-state index is 0.0292. The van der Waals surface area contributed by atoms with Crippen molar-refractivity contribution in [3.8, 4) is 0 Å². The average molecular weight is 309 g/mol. The Labute approximate surface area is 137 Å². The molecule has 23 heavy (non-hydrogen) atoms. The molecule has 0 unspecified atom stereocenters. The van der Waals surface area contributed by atoms with E-state index >= 15 is 0 Å². The molecule has 120 valence electrons. The van der Waals surface area contributed by atoms with E-state index in [9.17, 15) is 9.59 Å². The van der Waals surface area contributed by atoms with Crippen LogP contribution in [-0.4, -0.2) is 30.6 Å². The zero-order chi connectivity index (χ0) is 16.8. The van der Waals surface area contributed by atoms with Gasteiger partial charge in [0.15, 0.2) is 11.6 Å². The predicted molar refractivity (Wildman–Crippen MR) is 92.9 cm³/mol. The fourth-order valence-corrected chi connectivity index (χ4v) is 2.65. The van der Waals surface area contributed by atoms with Gasteiger partial charge in [0.2, 0.25) is 0 Å². The van der Waals surface area contributed by atoms with Crippen LogP contribution >= 0.6 is 0 Å². The Bertz CT molecular complexity index is 704. The average Bonchev–Trinajstić information content (AvgIpc) is 2.52. The molecule has 0 aliphatic rings. The lowest BCUT2D eigenvalue weighted by atomic mass is 9.96. The van der Waals surface area contributed by atoms with Crippen LogP contribution in [0.2, 0.25) is 0 Å². The lowest BCUT2D eigenvalue weighted by molar-refractivity contribution is 0.0916. The van der Waals surface area contributed by atoms with E-state index in [0.29, 0.717) is 12.1 Å². The summed E-state index contributed by atoms with van der Waals surface area (Å²) in [6.45, 7) is 2.63. The molecule has 2 rings (SSSR count). The zero-order valence-electron chi connectivity index (χ0n) is 14.0. The van der Waals surface area contributed by atoms with Gasteiger partial charge < -0.3 is 4.90 Å². The number of benzene rings is 2. The van der Waals surface area contributed by atoms with Crippen LogP contribution in [0, 0.1) is 6.92 Å². The summed E-state index contributed by atoms with van der Waals surface area (Å²) in [5.41, 5.74) is 3.39. The van der Waals surface area contributed by atoms with E-state index in [4.69, 9.17) is 0 Å². The molecule has 0 aliphatic carbocycles. The molecular weight excluding hydrogens is 286 g/mol. The fourth-order valence-electron chi connectivity index (χ4n) is 2.65. The molecule has 0 spiro atoms. The Kier molecular flexibility index (Phi) is 5.83. The maximum atomic E-state index is 12.5. The largest absolute Gasteiger partial charge is 0.305 e. The van der Waals surface area contributed by atoms with Crippen molar-refractivity contribution in [3.05, 3.63) is 70.8 Å². The van der Waals surface area contributed by atoms with Gasteiger partial charge in [0, 0.05) is 30.5 Å². The molecule has 0 saturated carbocycles. The number of hydrogen-bond donors (Lipinski definition) is 0.